The number of aliphatic carboxylic acids is 1. The van der Waals surface area contributed by atoms with Crippen molar-refractivity contribution in [3.05, 3.63) is 71.8 Å². The van der Waals surface area contributed by atoms with E-state index in [1.165, 1.54) is 24.4 Å². The third kappa shape index (κ3) is 3.95. The van der Waals surface area contributed by atoms with Gasteiger partial charge in [-0.2, -0.15) is 0 Å². The summed E-state index contributed by atoms with van der Waals surface area (Å²) in [6.45, 7) is 0. The van der Waals surface area contributed by atoms with E-state index in [1.54, 1.807) is 18.2 Å². The summed E-state index contributed by atoms with van der Waals surface area (Å²) in [5, 5.41) is 11.7. The number of hydrogen-bond donors (Lipinski definition) is 2. The minimum absolute atomic E-state index is 0.0335. The van der Waals surface area contributed by atoms with Crippen LogP contribution in [0.25, 0.3) is 11.0 Å². The average molecular weight is 339 g/mol. The minimum Gasteiger partial charge on any atom is -0.480 e. The monoisotopic (exact) mass is 339 g/mol. The topological polar surface area (TPSA) is 92.2 Å². The van der Waals surface area contributed by atoms with Crippen molar-refractivity contribution in [2.24, 2.45) is 0 Å². The fraction of sp³-hybridized carbons (Fsp3) is 0.111. The molecular weight excluding hydrogens is 325 g/mol. The van der Waals surface area contributed by atoms with Gasteiger partial charge < -0.3 is 10.4 Å². The number of carboxylic acids is 1. The van der Waals surface area contributed by atoms with Crippen molar-refractivity contribution in [1.29, 1.82) is 0 Å². The summed E-state index contributed by atoms with van der Waals surface area (Å²) in [7, 11) is 0. The van der Waals surface area contributed by atoms with Gasteiger partial charge >= 0.3 is 5.97 Å². The molecule has 0 fully saturated rings. The smallest absolute Gasteiger partial charge is 0.326 e. The first kappa shape index (κ1) is 16.5. The van der Waals surface area contributed by atoms with E-state index in [9.17, 15) is 19.1 Å². The Morgan fingerprint density at radius 3 is 2.60 bits per heavy atom. The van der Waals surface area contributed by atoms with Crippen LogP contribution in [0.3, 0.4) is 0 Å². The van der Waals surface area contributed by atoms with E-state index in [0.29, 0.717) is 16.7 Å². The zero-order valence-corrected chi connectivity index (χ0v) is 13.0. The van der Waals surface area contributed by atoms with Crippen LogP contribution in [0, 0.1) is 5.82 Å². The van der Waals surface area contributed by atoms with Crippen LogP contribution in [0.15, 0.2) is 54.7 Å². The molecule has 2 aromatic carbocycles. The van der Waals surface area contributed by atoms with Crippen molar-refractivity contribution in [3.63, 3.8) is 0 Å². The van der Waals surface area contributed by atoms with Crippen LogP contribution in [-0.4, -0.2) is 33.0 Å². The van der Waals surface area contributed by atoms with Gasteiger partial charge in [0.2, 0.25) is 0 Å². The lowest BCUT2D eigenvalue weighted by atomic mass is 10.1. The quantitative estimate of drug-likeness (QED) is 0.743. The molecule has 0 aliphatic rings. The number of carbonyl (C=O) groups is 2. The first-order valence-electron chi connectivity index (χ1n) is 7.53. The van der Waals surface area contributed by atoms with Gasteiger partial charge in [-0.3, -0.25) is 9.78 Å². The summed E-state index contributed by atoms with van der Waals surface area (Å²) in [5.41, 5.74) is 1.82. The van der Waals surface area contributed by atoms with Gasteiger partial charge in [-0.25, -0.2) is 14.2 Å². The molecule has 1 heterocycles. The van der Waals surface area contributed by atoms with E-state index < -0.39 is 23.7 Å². The number of rotatable bonds is 5. The molecule has 0 unspecified atom stereocenters. The fourth-order valence-corrected chi connectivity index (χ4v) is 2.37. The molecule has 3 aromatic rings. The predicted octanol–water partition coefficient (Wildman–Crippen LogP) is 2.19. The van der Waals surface area contributed by atoms with Gasteiger partial charge in [0.1, 0.15) is 11.9 Å². The number of halogens is 1. The van der Waals surface area contributed by atoms with E-state index in [1.807, 2.05) is 6.07 Å². The maximum absolute atomic E-state index is 13.2. The number of carboxylic acid groups (broad SMARTS) is 1. The number of benzene rings is 2. The molecule has 7 heteroatoms. The Hall–Kier alpha value is -3.35. The summed E-state index contributed by atoms with van der Waals surface area (Å²) < 4.78 is 13.2. The van der Waals surface area contributed by atoms with Crippen LogP contribution in [-0.2, 0) is 11.2 Å². The van der Waals surface area contributed by atoms with E-state index >= 15 is 0 Å². The molecule has 0 saturated carbocycles. The van der Waals surface area contributed by atoms with Gasteiger partial charge in [-0.1, -0.05) is 18.2 Å². The maximum Gasteiger partial charge on any atom is 0.326 e. The molecule has 0 radical (unpaired) electrons. The highest BCUT2D eigenvalue weighted by atomic mass is 19.1. The SMILES string of the molecule is O=C(N[C@@H](Cc1cnc2ccccc2n1)C(=O)O)c1cccc(F)c1. The molecular formula is C18H14FN3O3. The lowest BCUT2D eigenvalue weighted by Crippen LogP contribution is -2.42. The van der Waals surface area contributed by atoms with Crippen LogP contribution in [0.1, 0.15) is 16.1 Å². The van der Waals surface area contributed by atoms with Crippen molar-refractivity contribution in [2.75, 3.05) is 0 Å². The molecule has 1 aromatic heterocycles. The standard InChI is InChI=1S/C18H14FN3O3/c19-12-5-3-4-11(8-12)17(23)22-16(18(24)25)9-13-10-20-14-6-1-2-7-15(14)21-13/h1-8,10,16H,9H2,(H,22,23)(H,24,25)/t16-/m0/s1. The maximum atomic E-state index is 13.2. The van der Waals surface area contributed by atoms with Crippen molar-refractivity contribution in [2.45, 2.75) is 12.5 Å². The normalized spacial score (nSPS) is 11.9. The summed E-state index contributed by atoms with van der Waals surface area (Å²) in [4.78, 5) is 32.2. The minimum atomic E-state index is -1.21. The van der Waals surface area contributed by atoms with E-state index in [4.69, 9.17) is 0 Å². The zero-order chi connectivity index (χ0) is 17.8. The Labute approximate surface area is 142 Å². The molecule has 126 valence electrons. The highest BCUT2D eigenvalue weighted by molar-refractivity contribution is 5.96. The Balaban J connectivity index is 1.78. The van der Waals surface area contributed by atoms with Crippen molar-refractivity contribution in [1.82, 2.24) is 15.3 Å². The van der Waals surface area contributed by atoms with Crippen LogP contribution in [0.5, 0.6) is 0 Å². The second-order valence-corrected chi connectivity index (χ2v) is 5.43. The zero-order valence-electron chi connectivity index (χ0n) is 13.0. The Morgan fingerprint density at radius 1 is 1.12 bits per heavy atom. The third-order valence-electron chi connectivity index (χ3n) is 3.60. The number of nitrogens with one attached hydrogen (secondary N) is 1. The first-order valence-corrected chi connectivity index (χ1v) is 7.53. The van der Waals surface area contributed by atoms with Gasteiger partial charge in [0.05, 0.1) is 16.7 Å². The van der Waals surface area contributed by atoms with Crippen molar-refractivity contribution in [3.8, 4) is 0 Å². The third-order valence-corrected chi connectivity index (χ3v) is 3.60. The molecule has 25 heavy (non-hydrogen) atoms. The largest absolute Gasteiger partial charge is 0.480 e. The molecule has 6 nitrogen and oxygen atoms in total. The number of nitrogens with zero attached hydrogens (tertiary/aromatic N) is 2. The van der Waals surface area contributed by atoms with Crippen molar-refractivity contribution < 1.29 is 19.1 Å². The van der Waals surface area contributed by atoms with E-state index in [0.717, 1.165) is 6.07 Å². The fourth-order valence-electron chi connectivity index (χ4n) is 2.37. The van der Waals surface area contributed by atoms with Gasteiger partial charge in [-0.15, -0.1) is 0 Å². The van der Waals surface area contributed by atoms with E-state index in [2.05, 4.69) is 15.3 Å². The predicted molar refractivity (Wildman–Crippen MR) is 88.5 cm³/mol. The number of hydrogen-bond acceptors (Lipinski definition) is 4. The first-order chi connectivity index (χ1) is 12.0. The molecule has 3 rings (SSSR count). The average Bonchev–Trinajstić information content (AvgIpc) is 2.61. The lowest BCUT2D eigenvalue weighted by Gasteiger charge is -2.14. The van der Waals surface area contributed by atoms with Crippen LogP contribution in [0.4, 0.5) is 4.39 Å². The van der Waals surface area contributed by atoms with Gasteiger partial charge in [0.25, 0.3) is 5.91 Å². The highest BCUT2D eigenvalue weighted by Gasteiger charge is 2.22. The molecule has 0 aliphatic carbocycles. The summed E-state index contributed by atoms with van der Waals surface area (Å²) in [6, 6.07) is 11.0. The van der Waals surface area contributed by atoms with Crippen LogP contribution in [0.2, 0.25) is 0 Å². The van der Waals surface area contributed by atoms with Gasteiger partial charge in [0.15, 0.2) is 0 Å². The molecule has 0 spiro atoms. The molecule has 0 aliphatic heterocycles. The molecule has 1 atom stereocenters. The summed E-state index contributed by atoms with van der Waals surface area (Å²) in [5.74, 6) is -2.44. The number of para-hydroxylation sites is 2. The summed E-state index contributed by atoms with van der Waals surface area (Å²) >= 11 is 0. The van der Waals surface area contributed by atoms with E-state index in [-0.39, 0.29) is 12.0 Å². The van der Waals surface area contributed by atoms with Gasteiger partial charge in [0, 0.05) is 18.2 Å². The molecule has 1 amide bonds. The van der Waals surface area contributed by atoms with Crippen LogP contribution >= 0.6 is 0 Å². The molecule has 2 N–H and O–H groups in total. The Bertz CT molecular complexity index is 946. The number of fused-ring (bicyclic) bond motifs is 1. The summed E-state index contributed by atoms with van der Waals surface area (Å²) in [6.07, 6.45) is 1.45. The van der Waals surface area contributed by atoms with Crippen molar-refractivity contribution >= 4 is 22.9 Å². The van der Waals surface area contributed by atoms with Gasteiger partial charge in [-0.05, 0) is 30.3 Å². The second kappa shape index (κ2) is 7.04. The molecule has 0 saturated heterocycles. The number of amides is 1. The second-order valence-electron chi connectivity index (χ2n) is 5.43. The Kier molecular flexibility index (Phi) is 4.65. The highest BCUT2D eigenvalue weighted by Crippen LogP contribution is 2.10. The molecule has 0 bridgehead atoms. The Morgan fingerprint density at radius 2 is 1.88 bits per heavy atom. The number of carbonyl (C=O) groups excluding carboxylic acids is 1. The number of aromatic nitrogens is 2. The lowest BCUT2D eigenvalue weighted by molar-refractivity contribution is -0.139. The van der Waals surface area contributed by atoms with Crippen LogP contribution < -0.4 is 5.32 Å².